The Hall–Kier alpha value is -3.91. The molecule has 0 saturated carbocycles. The topological polar surface area (TPSA) is 108 Å². The third kappa shape index (κ3) is 4.08. The minimum atomic E-state index is -0.865. The zero-order valence-corrected chi connectivity index (χ0v) is 16.4. The van der Waals surface area contributed by atoms with Gasteiger partial charge in [0.2, 0.25) is 12.6 Å². The van der Waals surface area contributed by atoms with Crippen LogP contribution in [0.25, 0.3) is 16.5 Å². The van der Waals surface area contributed by atoms with Crippen LogP contribution in [-0.2, 0) is 9.59 Å². The lowest BCUT2D eigenvalue weighted by Gasteiger charge is -2.02. The zero-order chi connectivity index (χ0) is 21.1. The molecular formula is C22H16N2O5S. The van der Waals surface area contributed by atoms with Gasteiger partial charge in [-0.05, 0) is 35.4 Å². The van der Waals surface area contributed by atoms with E-state index < -0.39 is 17.6 Å². The summed E-state index contributed by atoms with van der Waals surface area (Å²) in [7, 11) is 0. The number of thiophene rings is 1. The summed E-state index contributed by atoms with van der Waals surface area (Å²) in [5.74, 6) is -1.12. The van der Waals surface area contributed by atoms with Crippen molar-refractivity contribution in [2.75, 3.05) is 12.1 Å². The summed E-state index contributed by atoms with van der Waals surface area (Å²) in [5, 5.41) is 2.73. The summed E-state index contributed by atoms with van der Waals surface area (Å²) in [6.07, 6.45) is 2.66. The Morgan fingerprint density at radius 2 is 1.77 bits per heavy atom. The van der Waals surface area contributed by atoms with Gasteiger partial charge in [0, 0.05) is 4.88 Å². The molecule has 0 radical (unpaired) electrons. The van der Waals surface area contributed by atoms with E-state index in [4.69, 9.17) is 15.2 Å². The van der Waals surface area contributed by atoms with Gasteiger partial charge in [0.15, 0.2) is 11.5 Å². The summed E-state index contributed by atoms with van der Waals surface area (Å²) in [5.41, 5.74) is 7.14. The number of nitrogens with one attached hydrogen (secondary N) is 1. The van der Waals surface area contributed by atoms with Crippen LogP contribution in [-0.4, -0.2) is 24.4 Å². The number of carbonyl (C=O) groups is 3. The first-order chi connectivity index (χ1) is 14.5. The van der Waals surface area contributed by atoms with Crippen LogP contribution in [0.4, 0.5) is 5.00 Å². The molecule has 0 fully saturated rings. The number of carbonyl (C=O) groups excluding carboxylic acids is 3. The molecule has 7 nitrogen and oxygen atoms in total. The van der Waals surface area contributed by atoms with Crippen molar-refractivity contribution in [3.05, 3.63) is 71.8 Å². The minimum absolute atomic E-state index is 0.151. The molecule has 0 atom stereocenters. The highest BCUT2D eigenvalue weighted by Gasteiger charge is 2.19. The second kappa shape index (κ2) is 8.22. The van der Waals surface area contributed by atoms with Crippen molar-refractivity contribution in [1.82, 2.24) is 0 Å². The van der Waals surface area contributed by atoms with Gasteiger partial charge in [-0.15, -0.1) is 11.3 Å². The molecule has 0 bridgehead atoms. The van der Waals surface area contributed by atoms with E-state index in [-0.39, 0.29) is 17.4 Å². The van der Waals surface area contributed by atoms with Crippen molar-refractivity contribution in [3.8, 4) is 21.9 Å². The van der Waals surface area contributed by atoms with Crippen molar-refractivity contribution in [1.29, 1.82) is 0 Å². The number of nitrogens with two attached hydrogens (primary N) is 1. The van der Waals surface area contributed by atoms with Gasteiger partial charge in [0.1, 0.15) is 5.00 Å². The predicted octanol–water partition coefficient (Wildman–Crippen LogP) is 3.46. The maximum Gasteiger partial charge on any atom is 0.296 e. The van der Waals surface area contributed by atoms with E-state index >= 15 is 0 Å². The van der Waals surface area contributed by atoms with Crippen molar-refractivity contribution < 1.29 is 23.9 Å². The largest absolute Gasteiger partial charge is 0.454 e. The van der Waals surface area contributed by atoms with E-state index in [0.29, 0.717) is 17.1 Å². The maximum absolute atomic E-state index is 12.3. The predicted molar refractivity (Wildman–Crippen MR) is 114 cm³/mol. The second-order valence-corrected chi connectivity index (χ2v) is 7.40. The summed E-state index contributed by atoms with van der Waals surface area (Å²) in [6.45, 7) is 0.151. The summed E-state index contributed by atoms with van der Waals surface area (Å²) in [6, 6.07) is 16.1. The number of fused-ring (bicyclic) bond motifs is 1. The Labute approximate surface area is 175 Å². The molecule has 3 N–H and O–H groups in total. The first-order valence-corrected chi connectivity index (χ1v) is 9.75. The van der Waals surface area contributed by atoms with Gasteiger partial charge >= 0.3 is 0 Å². The lowest BCUT2D eigenvalue weighted by atomic mass is 10.1. The normalized spacial score (nSPS) is 12.1. The van der Waals surface area contributed by atoms with E-state index in [9.17, 15) is 14.4 Å². The molecule has 1 aliphatic rings. The average molecular weight is 420 g/mol. The van der Waals surface area contributed by atoms with Crippen LogP contribution >= 0.6 is 11.3 Å². The first kappa shape index (κ1) is 19.4. The Balaban J connectivity index is 1.49. The fourth-order valence-corrected chi connectivity index (χ4v) is 3.90. The van der Waals surface area contributed by atoms with Gasteiger partial charge in [-0.1, -0.05) is 42.5 Å². The average Bonchev–Trinajstić information content (AvgIpc) is 3.39. The number of anilines is 1. The van der Waals surface area contributed by atoms with Gasteiger partial charge < -0.3 is 20.5 Å². The van der Waals surface area contributed by atoms with Gasteiger partial charge in [0.05, 0.1) is 5.56 Å². The van der Waals surface area contributed by atoms with E-state index in [2.05, 4.69) is 5.32 Å². The molecule has 3 aromatic rings. The van der Waals surface area contributed by atoms with Crippen molar-refractivity contribution in [2.24, 2.45) is 5.73 Å². The van der Waals surface area contributed by atoms with Gasteiger partial charge in [0.25, 0.3) is 11.8 Å². The summed E-state index contributed by atoms with van der Waals surface area (Å²) < 4.78 is 10.5. The van der Waals surface area contributed by atoms with E-state index in [0.717, 1.165) is 16.5 Å². The number of primary amides is 1. The molecule has 0 unspecified atom stereocenters. The van der Waals surface area contributed by atoms with Crippen LogP contribution in [0.1, 0.15) is 15.9 Å². The zero-order valence-electron chi connectivity index (χ0n) is 15.6. The van der Waals surface area contributed by atoms with Crippen LogP contribution in [0.15, 0.2) is 60.7 Å². The number of benzene rings is 2. The number of hydrogen-bond acceptors (Lipinski definition) is 6. The van der Waals surface area contributed by atoms with Crippen LogP contribution in [0.5, 0.6) is 11.5 Å². The number of rotatable bonds is 6. The Kier molecular flexibility index (Phi) is 5.32. The molecule has 1 aliphatic heterocycles. The van der Waals surface area contributed by atoms with E-state index in [1.54, 1.807) is 24.3 Å². The van der Waals surface area contributed by atoms with Crippen molar-refractivity contribution in [2.45, 2.75) is 0 Å². The molecule has 150 valence electrons. The second-order valence-electron chi connectivity index (χ2n) is 6.35. The number of amides is 2. The number of ketones is 1. The standard InChI is InChI=1S/C22H16N2O5S/c23-20(26)15-11-19(14-4-2-1-3-5-14)30-22(15)24-21(27)16(25)8-6-13-7-9-17-18(10-13)29-12-28-17/h1-11H,12H2,(H2,23,26)(H,24,27)/b8-6+. The van der Waals surface area contributed by atoms with Gasteiger partial charge in [-0.2, -0.15) is 0 Å². The smallest absolute Gasteiger partial charge is 0.296 e. The van der Waals surface area contributed by atoms with E-state index in [1.165, 1.54) is 17.4 Å². The molecule has 0 spiro atoms. The number of hydrogen-bond donors (Lipinski definition) is 2. The molecule has 2 aromatic carbocycles. The first-order valence-electron chi connectivity index (χ1n) is 8.93. The molecule has 8 heteroatoms. The van der Waals surface area contributed by atoms with Gasteiger partial charge in [-0.3, -0.25) is 14.4 Å². The van der Waals surface area contributed by atoms with Gasteiger partial charge in [-0.25, -0.2) is 0 Å². The lowest BCUT2D eigenvalue weighted by Crippen LogP contribution is -2.22. The Bertz CT molecular complexity index is 1170. The molecular weight excluding hydrogens is 404 g/mol. The monoisotopic (exact) mass is 420 g/mol. The Morgan fingerprint density at radius 1 is 1.00 bits per heavy atom. The van der Waals surface area contributed by atoms with E-state index in [1.807, 2.05) is 30.3 Å². The highest BCUT2D eigenvalue weighted by molar-refractivity contribution is 7.20. The molecule has 2 heterocycles. The summed E-state index contributed by atoms with van der Waals surface area (Å²) >= 11 is 1.18. The molecule has 4 rings (SSSR count). The fourth-order valence-electron chi connectivity index (χ4n) is 2.84. The van der Waals surface area contributed by atoms with Crippen LogP contribution in [0.3, 0.4) is 0 Å². The molecule has 0 saturated heterocycles. The van der Waals surface area contributed by atoms with Crippen LogP contribution in [0.2, 0.25) is 0 Å². The summed E-state index contributed by atoms with van der Waals surface area (Å²) in [4.78, 5) is 37.1. The van der Waals surface area contributed by atoms with Crippen LogP contribution in [0, 0.1) is 0 Å². The number of ether oxygens (including phenoxy) is 2. The molecule has 1 aromatic heterocycles. The fraction of sp³-hybridized carbons (Fsp3) is 0.0455. The Morgan fingerprint density at radius 3 is 2.53 bits per heavy atom. The third-order valence-electron chi connectivity index (χ3n) is 4.33. The molecule has 30 heavy (non-hydrogen) atoms. The highest BCUT2D eigenvalue weighted by atomic mass is 32.1. The minimum Gasteiger partial charge on any atom is -0.454 e. The third-order valence-corrected chi connectivity index (χ3v) is 5.43. The quantitative estimate of drug-likeness (QED) is 0.469. The SMILES string of the molecule is NC(=O)c1cc(-c2ccccc2)sc1NC(=O)C(=O)/C=C/c1ccc2c(c1)OCO2. The molecule has 2 amide bonds. The lowest BCUT2D eigenvalue weighted by molar-refractivity contribution is -0.131. The van der Waals surface area contributed by atoms with Crippen molar-refractivity contribution in [3.63, 3.8) is 0 Å². The molecule has 0 aliphatic carbocycles. The maximum atomic E-state index is 12.3. The van der Waals surface area contributed by atoms with Crippen molar-refractivity contribution >= 4 is 40.0 Å². The highest BCUT2D eigenvalue weighted by Crippen LogP contribution is 2.35. The van der Waals surface area contributed by atoms with Crippen LogP contribution < -0.4 is 20.5 Å².